The summed E-state index contributed by atoms with van der Waals surface area (Å²) in [4.78, 5) is 47.3. The highest BCUT2D eigenvalue weighted by atomic mass is 32.2. The molecule has 0 bridgehead atoms. The van der Waals surface area contributed by atoms with Gasteiger partial charge < -0.3 is 21.8 Å². The maximum Gasteiger partial charge on any atom is 0.274 e. The highest BCUT2D eigenvalue weighted by molar-refractivity contribution is 7.99. The van der Waals surface area contributed by atoms with Gasteiger partial charge in [-0.3, -0.25) is 19.7 Å². The summed E-state index contributed by atoms with van der Waals surface area (Å²) in [5, 5.41) is 14.9. The fraction of sp³-hybridized carbons (Fsp3) is 0.0909. The number of nitrogens with zero attached hydrogens (tertiary/aromatic N) is 3. The molecule has 0 radical (unpaired) electrons. The van der Waals surface area contributed by atoms with Crippen molar-refractivity contribution in [2.45, 2.75) is 23.4 Å². The van der Waals surface area contributed by atoms with Gasteiger partial charge in [0.05, 0.1) is 16.7 Å². The van der Waals surface area contributed by atoms with Gasteiger partial charge in [-0.05, 0) is 30.7 Å². The summed E-state index contributed by atoms with van der Waals surface area (Å²) in [6.45, 7) is 1.91. The van der Waals surface area contributed by atoms with Crippen molar-refractivity contribution in [1.82, 2.24) is 20.3 Å². The normalized spacial score (nSPS) is 10.9. The van der Waals surface area contributed by atoms with Crippen LogP contribution in [0.1, 0.15) is 32.1 Å². The van der Waals surface area contributed by atoms with Crippen molar-refractivity contribution < 1.29 is 14.5 Å². The highest BCUT2D eigenvalue weighted by Crippen LogP contribution is 2.30. The summed E-state index contributed by atoms with van der Waals surface area (Å²) in [5.74, 6) is -1.20. The van der Waals surface area contributed by atoms with E-state index in [1.165, 1.54) is 18.3 Å². The van der Waals surface area contributed by atoms with Crippen LogP contribution in [0.4, 0.5) is 11.5 Å². The number of nitrogen functional groups attached to an aromatic ring is 1. The third kappa shape index (κ3) is 4.52. The standard InChI is InChI=1S/C22H19N7O4S/c1-11-15(14-8-12(29(32)33)6-7-16(14)27-11)9-26-22(31)19-20(23)25-10-18(28-19)34-17-5-3-2-4-13(17)21(24)30/h2-8,10,27H,9H2,1H3,(H2,23,25)(H2,24,30)(H,26,31). The van der Waals surface area contributed by atoms with Crippen LogP contribution in [0.5, 0.6) is 0 Å². The number of non-ortho nitro benzene ring substituents is 1. The molecule has 0 aliphatic carbocycles. The molecule has 0 aliphatic heterocycles. The number of aromatic amines is 1. The second-order valence-electron chi connectivity index (χ2n) is 7.30. The Balaban J connectivity index is 1.57. The second-order valence-corrected chi connectivity index (χ2v) is 8.37. The maximum absolute atomic E-state index is 12.9. The van der Waals surface area contributed by atoms with E-state index < -0.39 is 16.7 Å². The van der Waals surface area contributed by atoms with E-state index in [9.17, 15) is 19.7 Å². The number of nitrogens with one attached hydrogen (secondary N) is 2. The van der Waals surface area contributed by atoms with Crippen LogP contribution >= 0.6 is 11.8 Å². The van der Waals surface area contributed by atoms with Gasteiger partial charge in [-0.15, -0.1) is 0 Å². The van der Waals surface area contributed by atoms with Gasteiger partial charge >= 0.3 is 0 Å². The zero-order chi connectivity index (χ0) is 24.4. The molecule has 0 saturated heterocycles. The zero-order valence-corrected chi connectivity index (χ0v) is 18.7. The van der Waals surface area contributed by atoms with Gasteiger partial charge in [0, 0.05) is 40.2 Å². The van der Waals surface area contributed by atoms with E-state index in [-0.39, 0.29) is 23.7 Å². The molecule has 6 N–H and O–H groups in total. The quantitative estimate of drug-likeness (QED) is 0.231. The molecule has 2 aromatic carbocycles. The summed E-state index contributed by atoms with van der Waals surface area (Å²) in [5.41, 5.74) is 13.7. The molecule has 2 amide bonds. The van der Waals surface area contributed by atoms with Crippen LogP contribution in [-0.2, 0) is 6.54 Å². The van der Waals surface area contributed by atoms with Crippen LogP contribution in [0, 0.1) is 17.0 Å². The molecule has 172 valence electrons. The van der Waals surface area contributed by atoms with Crippen LogP contribution in [0.15, 0.2) is 58.6 Å². The first-order valence-corrected chi connectivity index (χ1v) is 10.8. The Hall–Kier alpha value is -4.45. The average molecular weight is 478 g/mol. The predicted octanol–water partition coefficient (Wildman–Crippen LogP) is 2.94. The molecule has 0 atom stereocenters. The minimum absolute atomic E-state index is 0.0462. The van der Waals surface area contributed by atoms with Gasteiger partial charge in [-0.1, -0.05) is 23.9 Å². The minimum Gasteiger partial charge on any atom is -0.382 e. The van der Waals surface area contributed by atoms with Gasteiger partial charge in [-0.25, -0.2) is 9.97 Å². The molecule has 34 heavy (non-hydrogen) atoms. The van der Waals surface area contributed by atoms with E-state index in [1.54, 1.807) is 30.3 Å². The predicted molar refractivity (Wildman–Crippen MR) is 126 cm³/mol. The van der Waals surface area contributed by atoms with Gasteiger partial charge in [0.1, 0.15) is 5.03 Å². The zero-order valence-electron chi connectivity index (χ0n) is 17.9. The average Bonchev–Trinajstić information content (AvgIpc) is 3.13. The van der Waals surface area contributed by atoms with Crippen molar-refractivity contribution in [3.63, 3.8) is 0 Å². The molecule has 2 aromatic heterocycles. The lowest BCUT2D eigenvalue weighted by Crippen LogP contribution is -2.25. The van der Waals surface area contributed by atoms with Crippen molar-refractivity contribution in [1.29, 1.82) is 0 Å². The number of anilines is 1. The number of rotatable bonds is 7. The Morgan fingerprint density at radius 3 is 2.74 bits per heavy atom. The lowest BCUT2D eigenvalue weighted by molar-refractivity contribution is -0.384. The second kappa shape index (κ2) is 9.19. The van der Waals surface area contributed by atoms with Crippen molar-refractivity contribution in [3.8, 4) is 0 Å². The fourth-order valence-electron chi connectivity index (χ4n) is 3.43. The Morgan fingerprint density at radius 1 is 1.24 bits per heavy atom. The summed E-state index contributed by atoms with van der Waals surface area (Å²) in [6, 6.07) is 11.2. The Morgan fingerprint density at radius 2 is 2.00 bits per heavy atom. The molecule has 12 heteroatoms. The number of aromatic nitrogens is 3. The van der Waals surface area contributed by atoms with Crippen LogP contribution in [0.2, 0.25) is 0 Å². The summed E-state index contributed by atoms with van der Waals surface area (Å²) < 4.78 is 0. The number of carbonyl (C=O) groups is 2. The van der Waals surface area contributed by atoms with Crippen molar-refractivity contribution in [2.75, 3.05) is 5.73 Å². The fourth-order valence-corrected chi connectivity index (χ4v) is 4.33. The molecular weight excluding hydrogens is 458 g/mol. The smallest absolute Gasteiger partial charge is 0.274 e. The van der Waals surface area contributed by atoms with Crippen LogP contribution in [-0.4, -0.2) is 31.7 Å². The van der Waals surface area contributed by atoms with Crippen molar-refractivity contribution in [3.05, 3.63) is 81.3 Å². The summed E-state index contributed by atoms with van der Waals surface area (Å²) >= 11 is 1.13. The minimum atomic E-state index is -0.584. The SMILES string of the molecule is Cc1[nH]c2ccc([N+](=O)[O-])cc2c1CNC(=O)c1nc(Sc2ccccc2C(N)=O)cnc1N. The van der Waals surface area contributed by atoms with Gasteiger partial charge in [-0.2, -0.15) is 0 Å². The molecule has 0 saturated carbocycles. The summed E-state index contributed by atoms with van der Waals surface area (Å²) in [6.07, 6.45) is 1.40. The van der Waals surface area contributed by atoms with Gasteiger partial charge in [0.25, 0.3) is 11.6 Å². The van der Waals surface area contributed by atoms with E-state index in [0.717, 1.165) is 23.0 Å². The number of nitro benzene ring substituents is 1. The lowest BCUT2D eigenvalue weighted by Gasteiger charge is -2.09. The Bertz CT molecular complexity index is 1450. The number of hydrogen-bond donors (Lipinski definition) is 4. The van der Waals surface area contributed by atoms with E-state index in [4.69, 9.17) is 11.5 Å². The molecular formula is C22H19N7O4S. The number of carbonyl (C=O) groups excluding carboxylic acids is 2. The number of hydrogen-bond acceptors (Lipinski definition) is 8. The largest absolute Gasteiger partial charge is 0.382 e. The number of benzene rings is 2. The maximum atomic E-state index is 12.9. The molecule has 4 rings (SSSR count). The first-order valence-electron chi connectivity index (χ1n) is 9.97. The number of H-pyrrole nitrogens is 1. The van der Waals surface area contributed by atoms with Gasteiger partial charge in [0.2, 0.25) is 5.91 Å². The lowest BCUT2D eigenvalue weighted by atomic mass is 10.1. The van der Waals surface area contributed by atoms with E-state index in [1.807, 2.05) is 6.92 Å². The topological polar surface area (TPSA) is 183 Å². The van der Waals surface area contributed by atoms with Crippen LogP contribution in [0.3, 0.4) is 0 Å². The molecule has 0 aliphatic rings. The first-order chi connectivity index (χ1) is 16.2. The summed E-state index contributed by atoms with van der Waals surface area (Å²) in [7, 11) is 0. The molecule has 0 unspecified atom stereocenters. The number of amides is 2. The Labute approximate surface area is 197 Å². The van der Waals surface area contributed by atoms with E-state index >= 15 is 0 Å². The molecule has 4 aromatic rings. The monoisotopic (exact) mass is 477 g/mol. The van der Waals surface area contributed by atoms with Gasteiger partial charge in [0.15, 0.2) is 11.5 Å². The van der Waals surface area contributed by atoms with Crippen LogP contribution < -0.4 is 16.8 Å². The molecule has 11 nitrogen and oxygen atoms in total. The van der Waals surface area contributed by atoms with E-state index in [2.05, 4.69) is 20.3 Å². The van der Waals surface area contributed by atoms with Crippen LogP contribution in [0.25, 0.3) is 10.9 Å². The van der Waals surface area contributed by atoms with Crippen molar-refractivity contribution in [2.24, 2.45) is 5.73 Å². The number of fused-ring (bicyclic) bond motifs is 1. The third-order valence-corrected chi connectivity index (χ3v) is 6.08. The van der Waals surface area contributed by atoms with Crippen molar-refractivity contribution >= 4 is 46.0 Å². The number of nitro groups is 1. The number of primary amides is 1. The number of nitrogens with two attached hydrogens (primary N) is 2. The first kappa shape index (κ1) is 22.7. The highest BCUT2D eigenvalue weighted by Gasteiger charge is 2.18. The Kier molecular flexibility index (Phi) is 6.15. The number of aryl methyl sites for hydroxylation is 1. The molecule has 2 heterocycles. The molecule has 0 spiro atoms. The third-order valence-electron chi connectivity index (χ3n) is 5.10. The molecule has 0 fully saturated rings. The van der Waals surface area contributed by atoms with E-state index in [0.29, 0.717) is 26.4 Å².